The number of hydrogen-bond acceptors (Lipinski definition) is 4. The molecule has 128 valence electrons. The molecule has 0 saturated carbocycles. The highest BCUT2D eigenvalue weighted by Crippen LogP contribution is 2.29. The van der Waals surface area contributed by atoms with Crippen LogP contribution in [0.3, 0.4) is 0 Å². The van der Waals surface area contributed by atoms with Crippen LogP contribution < -0.4 is 5.32 Å². The zero-order valence-corrected chi connectivity index (χ0v) is 13.7. The van der Waals surface area contributed by atoms with E-state index in [-0.39, 0.29) is 11.9 Å². The minimum absolute atomic E-state index is 0.122. The summed E-state index contributed by atoms with van der Waals surface area (Å²) in [6.45, 7) is 5.22. The number of aliphatic carboxylic acids is 1. The molecule has 3 unspecified atom stereocenters. The number of carboxylic acids is 1. The topological polar surface area (TPSA) is 95.9 Å². The molecule has 7 heteroatoms. The van der Waals surface area contributed by atoms with Gasteiger partial charge in [-0.2, -0.15) is 0 Å². The number of carbonyl (C=O) groups is 3. The van der Waals surface area contributed by atoms with Gasteiger partial charge >= 0.3 is 12.1 Å². The Labute approximate surface area is 135 Å². The lowest BCUT2D eigenvalue weighted by molar-refractivity contribution is -0.150. The van der Waals surface area contributed by atoms with Gasteiger partial charge in [-0.15, -0.1) is 0 Å². The first-order valence-electron chi connectivity index (χ1n) is 7.88. The summed E-state index contributed by atoms with van der Waals surface area (Å²) >= 11 is 0. The Kier molecular flexibility index (Phi) is 4.97. The highest BCUT2D eigenvalue weighted by atomic mass is 16.6. The van der Waals surface area contributed by atoms with Crippen LogP contribution in [-0.2, 0) is 14.3 Å². The summed E-state index contributed by atoms with van der Waals surface area (Å²) < 4.78 is 5.19. The van der Waals surface area contributed by atoms with Gasteiger partial charge in [0.15, 0.2) is 0 Å². The third-order valence-corrected chi connectivity index (χ3v) is 3.98. The minimum Gasteiger partial charge on any atom is -0.480 e. The van der Waals surface area contributed by atoms with Crippen LogP contribution in [0.5, 0.6) is 0 Å². The first-order valence-corrected chi connectivity index (χ1v) is 7.88. The molecule has 2 amide bonds. The summed E-state index contributed by atoms with van der Waals surface area (Å²) in [6, 6.07) is -1.74. The van der Waals surface area contributed by atoms with Crippen molar-refractivity contribution in [2.24, 2.45) is 0 Å². The zero-order valence-electron chi connectivity index (χ0n) is 13.7. The molecule has 2 heterocycles. The maximum Gasteiger partial charge on any atom is 0.408 e. The number of amides is 2. The van der Waals surface area contributed by atoms with Gasteiger partial charge in [0.05, 0.1) is 0 Å². The number of hydrogen-bond donors (Lipinski definition) is 2. The molecular weight excluding hydrogens is 300 g/mol. The lowest BCUT2D eigenvalue weighted by Gasteiger charge is -2.33. The lowest BCUT2D eigenvalue weighted by Crippen LogP contribution is -2.54. The number of alkyl carbamates (subject to hydrolysis) is 1. The number of carboxylic acid groups (broad SMARTS) is 1. The molecule has 1 fully saturated rings. The summed E-state index contributed by atoms with van der Waals surface area (Å²) in [7, 11) is 0. The van der Waals surface area contributed by atoms with Crippen LogP contribution in [-0.4, -0.2) is 51.7 Å². The fourth-order valence-electron chi connectivity index (χ4n) is 3.03. The van der Waals surface area contributed by atoms with Gasteiger partial charge in [0.2, 0.25) is 5.91 Å². The summed E-state index contributed by atoms with van der Waals surface area (Å²) in [6.07, 6.45) is 5.20. The van der Waals surface area contributed by atoms with Crippen LogP contribution in [0.1, 0.15) is 46.5 Å². The lowest BCUT2D eigenvalue weighted by atomic mass is 10.0. The molecule has 2 rings (SSSR count). The molecule has 0 spiro atoms. The maximum atomic E-state index is 12.8. The summed E-state index contributed by atoms with van der Waals surface area (Å²) in [5.41, 5.74) is -0.662. The summed E-state index contributed by atoms with van der Waals surface area (Å²) in [5.74, 6) is -1.35. The van der Waals surface area contributed by atoms with Crippen LogP contribution in [0.4, 0.5) is 4.79 Å². The van der Waals surface area contributed by atoms with Gasteiger partial charge in [-0.3, -0.25) is 4.79 Å². The molecule has 7 nitrogen and oxygen atoms in total. The molecular formula is C16H24N2O5. The van der Waals surface area contributed by atoms with Crippen LogP contribution in [0, 0.1) is 0 Å². The average Bonchev–Trinajstić information content (AvgIpc) is 2.81. The van der Waals surface area contributed by atoms with Crippen LogP contribution in [0.15, 0.2) is 12.2 Å². The van der Waals surface area contributed by atoms with E-state index in [0.29, 0.717) is 25.7 Å². The fraction of sp³-hybridized carbons (Fsp3) is 0.688. The summed E-state index contributed by atoms with van der Waals surface area (Å²) in [4.78, 5) is 37.5. The predicted octanol–water partition coefficient (Wildman–Crippen LogP) is 1.67. The van der Waals surface area contributed by atoms with E-state index in [0.717, 1.165) is 0 Å². The zero-order chi connectivity index (χ0) is 17.2. The van der Waals surface area contributed by atoms with Crippen molar-refractivity contribution in [1.82, 2.24) is 10.2 Å². The Morgan fingerprint density at radius 3 is 2.52 bits per heavy atom. The van der Waals surface area contributed by atoms with Crippen molar-refractivity contribution in [3.8, 4) is 0 Å². The molecule has 0 bridgehead atoms. The van der Waals surface area contributed by atoms with E-state index in [4.69, 9.17) is 4.74 Å². The van der Waals surface area contributed by atoms with E-state index in [1.54, 1.807) is 20.8 Å². The van der Waals surface area contributed by atoms with Gasteiger partial charge in [0.25, 0.3) is 0 Å². The number of rotatable bonds is 2. The van der Waals surface area contributed by atoms with E-state index < -0.39 is 29.7 Å². The number of fused-ring (bicyclic) bond motifs is 1. The van der Waals surface area contributed by atoms with E-state index in [1.807, 2.05) is 12.2 Å². The van der Waals surface area contributed by atoms with E-state index in [2.05, 4.69) is 5.32 Å². The normalized spacial score (nSPS) is 27.9. The Bertz CT molecular complexity index is 523. The fourth-order valence-corrected chi connectivity index (χ4v) is 3.03. The largest absolute Gasteiger partial charge is 0.480 e. The van der Waals surface area contributed by atoms with Crippen molar-refractivity contribution < 1.29 is 24.2 Å². The first-order chi connectivity index (χ1) is 10.7. The molecule has 2 aliphatic rings. The molecule has 2 N–H and O–H groups in total. The van der Waals surface area contributed by atoms with Gasteiger partial charge < -0.3 is 20.1 Å². The maximum absolute atomic E-state index is 12.8. The molecule has 0 radical (unpaired) electrons. The van der Waals surface area contributed by atoms with Gasteiger partial charge in [0, 0.05) is 6.04 Å². The Hall–Kier alpha value is -2.05. The second-order valence-electron chi connectivity index (χ2n) is 6.97. The Morgan fingerprint density at radius 2 is 1.91 bits per heavy atom. The standard InChI is InChI=1S/C16H24N2O5/c1-16(2,3)23-15(22)17-11-7-5-4-6-10-8-9-12(14(20)21)18(10)13(11)19/h4-5,10-12H,6-9H2,1-3H3,(H,17,22)(H,20,21). The quantitative estimate of drug-likeness (QED) is 0.753. The van der Waals surface area contributed by atoms with Crippen molar-refractivity contribution in [2.45, 2.75) is 70.2 Å². The van der Waals surface area contributed by atoms with Crippen molar-refractivity contribution in [3.63, 3.8) is 0 Å². The van der Waals surface area contributed by atoms with Gasteiger partial charge in [-0.25, -0.2) is 9.59 Å². The minimum atomic E-state index is -0.999. The second-order valence-corrected chi connectivity index (χ2v) is 6.97. The molecule has 3 atom stereocenters. The molecule has 0 aromatic rings. The van der Waals surface area contributed by atoms with Gasteiger partial charge in [0.1, 0.15) is 17.7 Å². The molecule has 0 aromatic heterocycles. The molecule has 23 heavy (non-hydrogen) atoms. The number of ether oxygens (including phenoxy) is 1. The van der Waals surface area contributed by atoms with Crippen molar-refractivity contribution in [1.29, 1.82) is 0 Å². The SMILES string of the molecule is CC(C)(C)OC(=O)NC1CC=CCC2CCC(C(=O)O)N2C1=O. The van der Waals surface area contributed by atoms with Crippen LogP contribution in [0.25, 0.3) is 0 Å². The molecule has 0 aliphatic carbocycles. The van der Waals surface area contributed by atoms with Crippen LogP contribution in [0.2, 0.25) is 0 Å². The third kappa shape index (κ3) is 4.24. The molecule has 0 aromatic carbocycles. The first kappa shape index (κ1) is 17.3. The molecule has 2 aliphatic heterocycles. The van der Waals surface area contributed by atoms with Crippen LogP contribution >= 0.6 is 0 Å². The number of carbonyl (C=O) groups excluding carboxylic acids is 2. The van der Waals surface area contributed by atoms with E-state index >= 15 is 0 Å². The van der Waals surface area contributed by atoms with Crippen molar-refractivity contribution >= 4 is 18.0 Å². The number of nitrogens with zero attached hydrogens (tertiary/aromatic N) is 1. The predicted molar refractivity (Wildman–Crippen MR) is 82.8 cm³/mol. The second kappa shape index (κ2) is 6.60. The smallest absolute Gasteiger partial charge is 0.408 e. The van der Waals surface area contributed by atoms with Crippen molar-refractivity contribution in [2.75, 3.05) is 0 Å². The Morgan fingerprint density at radius 1 is 1.26 bits per heavy atom. The highest BCUT2D eigenvalue weighted by Gasteiger charge is 2.43. The van der Waals surface area contributed by atoms with E-state index in [9.17, 15) is 19.5 Å². The van der Waals surface area contributed by atoms with Crippen molar-refractivity contribution in [3.05, 3.63) is 12.2 Å². The van der Waals surface area contributed by atoms with Gasteiger partial charge in [-0.1, -0.05) is 12.2 Å². The summed E-state index contributed by atoms with van der Waals surface area (Å²) in [5, 5.41) is 11.9. The monoisotopic (exact) mass is 324 g/mol. The van der Waals surface area contributed by atoms with Gasteiger partial charge in [-0.05, 0) is 46.5 Å². The third-order valence-electron chi connectivity index (χ3n) is 3.98. The van der Waals surface area contributed by atoms with E-state index in [1.165, 1.54) is 4.90 Å². The highest BCUT2D eigenvalue weighted by molar-refractivity contribution is 5.90. The molecule has 1 saturated heterocycles. The Balaban J connectivity index is 2.14. The average molecular weight is 324 g/mol. The number of nitrogens with one attached hydrogen (secondary N) is 1.